The third-order valence-corrected chi connectivity index (χ3v) is 6.54. The van der Waals surface area contributed by atoms with E-state index >= 15 is 0 Å². The van der Waals surface area contributed by atoms with Crippen molar-refractivity contribution in [2.24, 2.45) is 0 Å². The number of hydrogen-bond donors (Lipinski definition) is 1. The van der Waals surface area contributed by atoms with Crippen LogP contribution >= 0.6 is 11.6 Å². The van der Waals surface area contributed by atoms with E-state index in [9.17, 15) is 18.0 Å². The van der Waals surface area contributed by atoms with E-state index in [1.54, 1.807) is 25.1 Å². The van der Waals surface area contributed by atoms with Gasteiger partial charge in [-0.05, 0) is 49.6 Å². The summed E-state index contributed by atoms with van der Waals surface area (Å²) in [5.74, 6) is -0.774. The van der Waals surface area contributed by atoms with Gasteiger partial charge in [-0.15, -0.1) is 0 Å². The first-order chi connectivity index (χ1) is 15.0. The fraction of sp³-hybridized carbons (Fsp3) is 0.391. The van der Waals surface area contributed by atoms with E-state index in [1.165, 1.54) is 11.9 Å². The zero-order valence-electron chi connectivity index (χ0n) is 19.1. The predicted octanol–water partition coefficient (Wildman–Crippen LogP) is 3.28. The van der Waals surface area contributed by atoms with Gasteiger partial charge in [-0.2, -0.15) is 0 Å². The van der Waals surface area contributed by atoms with E-state index in [2.05, 4.69) is 5.32 Å². The average Bonchev–Trinajstić information content (AvgIpc) is 2.71. The van der Waals surface area contributed by atoms with Gasteiger partial charge in [0.25, 0.3) is 0 Å². The molecule has 0 fully saturated rings. The lowest BCUT2D eigenvalue weighted by atomic mass is 10.1. The number of carbonyl (C=O) groups is 2. The largest absolute Gasteiger partial charge is 0.357 e. The molecule has 0 bridgehead atoms. The third kappa shape index (κ3) is 6.46. The van der Waals surface area contributed by atoms with E-state index in [-0.39, 0.29) is 12.5 Å². The standard InChI is InChI=1S/C23H30ClN3O4S/c1-6-20(23(29)25-4)26(14-18-9-7-8-16(2)12-18)22(28)15-27(32(5,30)31)21-11-10-19(24)13-17(21)3/h7-13,20H,6,14-15H2,1-5H3,(H,25,29)/t20-/m1/s1. The summed E-state index contributed by atoms with van der Waals surface area (Å²) in [6.07, 6.45) is 1.44. The van der Waals surface area contributed by atoms with E-state index in [0.29, 0.717) is 22.7 Å². The molecule has 32 heavy (non-hydrogen) atoms. The number of likely N-dealkylation sites (N-methyl/N-ethyl adjacent to an activating group) is 1. The van der Waals surface area contributed by atoms with Crippen molar-refractivity contribution in [1.29, 1.82) is 0 Å². The Morgan fingerprint density at radius 3 is 2.34 bits per heavy atom. The SMILES string of the molecule is CC[C@H](C(=O)NC)N(Cc1cccc(C)c1)C(=O)CN(c1ccc(Cl)cc1C)S(C)(=O)=O. The van der Waals surface area contributed by atoms with Gasteiger partial charge in [-0.1, -0.05) is 48.4 Å². The number of halogens is 1. The maximum atomic E-state index is 13.5. The first-order valence-electron chi connectivity index (χ1n) is 10.3. The van der Waals surface area contributed by atoms with Gasteiger partial charge in [0.1, 0.15) is 12.6 Å². The second kappa shape index (κ2) is 10.8. The third-order valence-electron chi connectivity index (χ3n) is 5.17. The highest BCUT2D eigenvalue weighted by atomic mass is 35.5. The minimum atomic E-state index is -3.78. The van der Waals surface area contributed by atoms with Gasteiger partial charge in [0.2, 0.25) is 21.8 Å². The molecule has 0 aromatic heterocycles. The second-order valence-corrected chi connectivity index (χ2v) is 10.1. The maximum absolute atomic E-state index is 13.5. The summed E-state index contributed by atoms with van der Waals surface area (Å²) in [6, 6.07) is 11.7. The van der Waals surface area contributed by atoms with Crippen molar-refractivity contribution in [3.05, 3.63) is 64.2 Å². The molecule has 0 aliphatic rings. The molecule has 7 nitrogen and oxygen atoms in total. The number of benzene rings is 2. The lowest BCUT2D eigenvalue weighted by Crippen LogP contribution is -2.51. The zero-order valence-corrected chi connectivity index (χ0v) is 20.6. The van der Waals surface area contributed by atoms with Gasteiger partial charge in [-0.25, -0.2) is 8.42 Å². The monoisotopic (exact) mass is 479 g/mol. The molecular formula is C23H30ClN3O4S. The van der Waals surface area contributed by atoms with Gasteiger partial charge in [0, 0.05) is 18.6 Å². The van der Waals surface area contributed by atoms with Gasteiger partial charge in [0.05, 0.1) is 11.9 Å². The molecule has 174 valence electrons. The number of sulfonamides is 1. The molecule has 9 heteroatoms. The quantitative estimate of drug-likeness (QED) is 0.598. The van der Waals surface area contributed by atoms with Crippen LogP contribution in [-0.2, 0) is 26.2 Å². The van der Waals surface area contributed by atoms with Crippen LogP contribution in [0.15, 0.2) is 42.5 Å². The molecule has 1 N–H and O–H groups in total. The van der Waals surface area contributed by atoms with E-state index < -0.39 is 28.5 Å². The van der Waals surface area contributed by atoms with Crippen LogP contribution in [0.2, 0.25) is 5.02 Å². The van der Waals surface area contributed by atoms with Crippen LogP contribution in [0.1, 0.15) is 30.0 Å². The van der Waals surface area contributed by atoms with E-state index in [1.807, 2.05) is 38.1 Å². The lowest BCUT2D eigenvalue weighted by Gasteiger charge is -2.33. The molecule has 2 amide bonds. The van der Waals surface area contributed by atoms with Crippen LogP contribution in [-0.4, -0.2) is 51.0 Å². The molecule has 0 aliphatic heterocycles. The minimum Gasteiger partial charge on any atom is -0.357 e. The van der Waals surface area contributed by atoms with Gasteiger partial charge >= 0.3 is 0 Å². The number of anilines is 1. The number of nitrogens with one attached hydrogen (secondary N) is 1. The maximum Gasteiger partial charge on any atom is 0.244 e. The number of hydrogen-bond acceptors (Lipinski definition) is 4. The first kappa shape index (κ1) is 25.7. The highest BCUT2D eigenvalue weighted by Crippen LogP contribution is 2.26. The van der Waals surface area contributed by atoms with Crippen molar-refractivity contribution in [2.75, 3.05) is 24.2 Å². The van der Waals surface area contributed by atoms with Crippen molar-refractivity contribution in [1.82, 2.24) is 10.2 Å². The Morgan fingerprint density at radius 1 is 1.12 bits per heavy atom. The normalized spacial score (nSPS) is 12.2. The fourth-order valence-electron chi connectivity index (χ4n) is 3.59. The molecule has 0 saturated carbocycles. The van der Waals surface area contributed by atoms with Crippen molar-refractivity contribution in [3.8, 4) is 0 Å². The molecule has 2 aromatic rings. The van der Waals surface area contributed by atoms with Gasteiger partial charge < -0.3 is 10.2 Å². The Bertz CT molecular complexity index is 1090. The van der Waals surface area contributed by atoms with Crippen LogP contribution in [0.4, 0.5) is 5.69 Å². The Kier molecular flexibility index (Phi) is 8.69. The predicted molar refractivity (Wildman–Crippen MR) is 128 cm³/mol. The number of carbonyl (C=O) groups excluding carboxylic acids is 2. The smallest absolute Gasteiger partial charge is 0.244 e. The molecule has 0 unspecified atom stereocenters. The number of nitrogens with zero attached hydrogens (tertiary/aromatic N) is 2. The topological polar surface area (TPSA) is 86.8 Å². The molecule has 1 atom stereocenters. The molecule has 0 spiro atoms. The summed E-state index contributed by atoms with van der Waals surface area (Å²) >= 11 is 6.02. The summed E-state index contributed by atoms with van der Waals surface area (Å²) in [6.45, 7) is 5.24. The average molecular weight is 480 g/mol. The highest BCUT2D eigenvalue weighted by molar-refractivity contribution is 7.92. The highest BCUT2D eigenvalue weighted by Gasteiger charge is 2.31. The van der Waals surface area contributed by atoms with Gasteiger partial charge in [-0.3, -0.25) is 13.9 Å². The van der Waals surface area contributed by atoms with Crippen molar-refractivity contribution in [3.63, 3.8) is 0 Å². The van der Waals surface area contributed by atoms with Crippen molar-refractivity contribution in [2.45, 2.75) is 39.8 Å². The van der Waals surface area contributed by atoms with E-state index in [0.717, 1.165) is 21.7 Å². The molecule has 2 rings (SSSR count). The Labute approximate surface area is 195 Å². The second-order valence-electron chi connectivity index (χ2n) is 7.75. The molecule has 2 aromatic carbocycles. The van der Waals surface area contributed by atoms with Crippen molar-refractivity contribution < 1.29 is 18.0 Å². The molecular weight excluding hydrogens is 450 g/mol. The van der Waals surface area contributed by atoms with Crippen LogP contribution in [0.3, 0.4) is 0 Å². The zero-order chi connectivity index (χ0) is 24.1. The Hall–Kier alpha value is -2.58. The van der Waals surface area contributed by atoms with Crippen molar-refractivity contribution >= 4 is 39.1 Å². The summed E-state index contributed by atoms with van der Waals surface area (Å²) in [7, 11) is -2.26. The van der Waals surface area contributed by atoms with Crippen LogP contribution in [0.25, 0.3) is 0 Å². The first-order valence-corrected chi connectivity index (χ1v) is 12.5. The minimum absolute atomic E-state index is 0.184. The van der Waals surface area contributed by atoms with E-state index in [4.69, 9.17) is 11.6 Å². The lowest BCUT2D eigenvalue weighted by molar-refractivity contribution is -0.140. The Balaban J connectivity index is 2.46. The summed E-state index contributed by atoms with van der Waals surface area (Å²) < 4.78 is 26.3. The number of aryl methyl sites for hydroxylation is 2. The van der Waals surface area contributed by atoms with Crippen LogP contribution in [0, 0.1) is 13.8 Å². The number of rotatable bonds is 9. The summed E-state index contributed by atoms with van der Waals surface area (Å²) in [5.41, 5.74) is 2.87. The fourth-order valence-corrected chi connectivity index (χ4v) is 4.72. The van der Waals surface area contributed by atoms with Crippen LogP contribution < -0.4 is 9.62 Å². The Morgan fingerprint density at radius 2 is 1.81 bits per heavy atom. The molecule has 0 saturated heterocycles. The summed E-state index contributed by atoms with van der Waals surface area (Å²) in [4.78, 5) is 27.5. The van der Waals surface area contributed by atoms with Gasteiger partial charge in [0.15, 0.2) is 0 Å². The van der Waals surface area contributed by atoms with Crippen LogP contribution in [0.5, 0.6) is 0 Å². The number of amides is 2. The molecule has 0 radical (unpaired) electrons. The molecule has 0 aliphatic carbocycles. The molecule has 0 heterocycles. The summed E-state index contributed by atoms with van der Waals surface area (Å²) in [5, 5.41) is 3.07.